The molecule has 1 saturated heterocycles. The molecule has 134 valence electrons. The molecule has 6 heteroatoms. The summed E-state index contributed by atoms with van der Waals surface area (Å²) >= 11 is 1.70. The fraction of sp³-hybridized carbons (Fsp3) is 0.421. The molecule has 1 aromatic heterocycles. The lowest BCUT2D eigenvalue weighted by Crippen LogP contribution is -3.12. The number of carbonyl (C=O) groups is 1. The third-order valence-electron chi connectivity index (χ3n) is 4.41. The van der Waals surface area contributed by atoms with Gasteiger partial charge in [0.15, 0.2) is 6.54 Å². The summed E-state index contributed by atoms with van der Waals surface area (Å²) in [7, 11) is 0. The molecular formula is C19H24FN2O2S+. The Bertz CT molecular complexity index is 699. The van der Waals surface area contributed by atoms with E-state index < -0.39 is 0 Å². The average molecular weight is 363 g/mol. The van der Waals surface area contributed by atoms with E-state index >= 15 is 0 Å². The molecule has 1 fully saturated rings. The van der Waals surface area contributed by atoms with Crippen molar-refractivity contribution in [3.05, 3.63) is 52.0 Å². The Morgan fingerprint density at radius 3 is 3.00 bits per heavy atom. The van der Waals surface area contributed by atoms with Crippen molar-refractivity contribution >= 4 is 22.9 Å². The molecule has 2 heterocycles. The number of amides is 1. The average Bonchev–Trinajstić information content (AvgIpc) is 3.25. The summed E-state index contributed by atoms with van der Waals surface area (Å²) in [4.78, 5) is 14.8. The Kier molecular flexibility index (Phi) is 6.18. The van der Waals surface area contributed by atoms with Crippen LogP contribution < -0.4 is 10.2 Å². The van der Waals surface area contributed by atoms with Gasteiger partial charge < -0.3 is 15.0 Å². The van der Waals surface area contributed by atoms with Crippen molar-refractivity contribution in [2.24, 2.45) is 0 Å². The first-order valence-corrected chi connectivity index (χ1v) is 9.51. The summed E-state index contributed by atoms with van der Waals surface area (Å²) in [5.41, 5.74) is 1.07. The predicted molar refractivity (Wildman–Crippen MR) is 97.5 cm³/mol. The van der Waals surface area contributed by atoms with Crippen LogP contribution in [-0.2, 0) is 16.1 Å². The van der Waals surface area contributed by atoms with Gasteiger partial charge in [-0.2, -0.15) is 0 Å². The van der Waals surface area contributed by atoms with Crippen molar-refractivity contribution in [2.45, 2.75) is 32.4 Å². The van der Waals surface area contributed by atoms with Crippen LogP contribution in [-0.4, -0.2) is 31.7 Å². The molecule has 0 saturated carbocycles. The van der Waals surface area contributed by atoms with Crippen LogP contribution in [0.2, 0.25) is 0 Å². The standard InChI is InChI=1S/C19H23FN2O2S/c1-14-6-7-15(10-18(14)20)21-19(23)13-22(11-16-4-2-8-24-16)12-17-5-3-9-25-17/h3,5-7,9-10,16H,2,4,8,11-13H2,1H3,(H,21,23)/p+1/t16-/m0/s1. The molecule has 0 aliphatic carbocycles. The van der Waals surface area contributed by atoms with Gasteiger partial charge in [-0.15, -0.1) is 11.3 Å². The van der Waals surface area contributed by atoms with E-state index in [1.165, 1.54) is 15.8 Å². The van der Waals surface area contributed by atoms with Gasteiger partial charge in [0.05, 0.1) is 4.88 Å². The Morgan fingerprint density at radius 1 is 1.44 bits per heavy atom. The van der Waals surface area contributed by atoms with Gasteiger partial charge in [-0.1, -0.05) is 12.1 Å². The number of ether oxygens (including phenoxy) is 1. The van der Waals surface area contributed by atoms with Gasteiger partial charge in [0.25, 0.3) is 5.91 Å². The molecule has 1 amide bonds. The minimum Gasteiger partial charge on any atom is -0.372 e. The molecule has 1 aliphatic heterocycles. The first kappa shape index (κ1) is 18.0. The molecule has 4 nitrogen and oxygen atoms in total. The molecule has 0 bridgehead atoms. The van der Waals surface area contributed by atoms with Crippen LogP contribution in [0.3, 0.4) is 0 Å². The van der Waals surface area contributed by atoms with Crippen molar-refractivity contribution in [3.63, 3.8) is 0 Å². The van der Waals surface area contributed by atoms with Crippen LogP contribution in [0.4, 0.5) is 10.1 Å². The zero-order chi connectivity index (χ0) is 17.6. The number of anilines is 1. The lowest BCUT2D eigenvalue weighted by Gasteiger charge is -2.21. The van der Waals surface area contributed by atoms with E-state index in [4.69, 9.17) is 4.74 Å². The quantitative estimate of drug-likeness (QED) is 0.793. The number of carbonyl (C=O) groups excluding carboxylic acids is 1. The summed E-state index contributed by atoms with van der Waals surface area (Å²) in [6.07, 6.45) is 2.37. The molecule has 0 radical (unpaired) electrons. The molecule has 1 aromatic carbocycles. The molecule has 1 unspecified atom stereocenters. The van der Waals surface area contributed by atoms with E-state index in [0.717, 1.165) is 32.5 Å². The Labute approximate surface area is 151 Å². The Hall–Kier alpha value is -1.76. The van der Waals surface area contributed by atoms with Crippen LogP contribution in [0.1, 0.15) is 23.3 Å². The maximum absolute atomic E-state index is 13.6. The third-order valence-corrected chi connectivity index (χ3v) is 5.29. The van der Waals surface area contributed by atoms with Gasteiger partial charge in [0.2, 0.25) is 0 Å². The monoisotopic (exact) mass is 363 g/mol. The second-order valence-electron chi connectivity index (χ2n) is 6.53. The van der Waals surface area contributed by atoms with Crippen molar-refractivity contribution in [1.82, 2.24) is 0 Å². The summed E-state index contributed by atoms with van der Waals surface area (Å²) < 4.78 is 19.4. The third kappa shape index (κ3) is 5.36. The predicted octanol–water partition coefficient (Wildman–Crippen LogP) is 2.40. The molecule has 2 aromatic rings. The van der Waals surface area contributed by atoms with Crippen LogP contribution in [0.5, 0.6) is 0 Å². The van der Waals surface area contributed by atoms with Gasteiger partial charge in [0.1, 0.15) is 25.0 Å². The number of thiophene rings is 1. The van der Waals surface area contributed by atoms with Gasteiger partial charge in [-0.25, -0.2) is 4.39 Å². The maximum atomic E-state index is 13.6. The lowest BCUT2D eigenvalue weighted by atomic mass is 10.2. The molecular weight excluding hydrogens is 339 g/mol. The molecule has 25 heavy (non-hydrogen) atoms. The molecule has 0 spiro atoms. The first-order valence-electron chi connectivity index (χ1n) is 8.63. The minimum absolute atomic E-state index is 0.104. The number of hydrogen-bond acceptors (Lipinski definition) is 3. The highest BCUT2D eigenvalue weighted by molar-refractivity contribution is 7.09. The smallest absolute Gasteiger partial charge is 0.279 e. The highest BCUT2D eigenvalue weighted by atomic mass is 32.1. The summed E-state index contributed by atoms with van der Waals surface area (Å²) in [5, 5.41) is 4.86. The molecule has 2 N–H and O–H groups in total. The Morgan fingerprint density at radius 2 is 2.32 bits per heavy atom. The van der Waals surface area contributed by atoms with Crippen LogP contribution in [0.25, 0.3) is 0 Å². The van der Waals surface area contributed by atoms with Crippen molar-refractivity contribution in [1.29, 1.82) is 0 Å². The van der Waals surface area contributed by atoms with Crippen LogP contribution in [0.15, 0.2) is 35.7 Å². The summed E-state index contributed by atoms with van der Waals surface area (Å²) in [6.45, 7) is 4.47. The van der Waals surface area contributed by atoms with E-state index in [1.807, 2.05) is 11.4 Å². The number of halogens is 1. The van der Waals surface area contributed by atoms with Crippen molar-refractivity contribution < 1.29 is 18.8 Å². The van der Waals surface area contributed by atoms with E-state index in [9.17, 15) is 9.18 Å². The van der Waals surface area contributed by atoms with Crippen LogP contribution >= 0.6 is 11.3 Å². The Balaban J connectivity index is 1.61. The lowest BCUT2D eigenvalue weighted by molar-refractivity contribution is -0.908. The van der Waals surface area contributed by atoms with Crippen molar-refractivity contribution in [2.75, 3.05) is 25.0 Å². The summed E-state index contributed by atoms with van der Waals surface area (Å²) in [6, 6.07) is 8.89. The second kappa shape index (κ2) is 8.56. The van der Waals surface area contributed by atoms with Gasteiger partial charge >= 0.3 is 0 Å². The van der Waals surface area contributed by atoms with E-state index in [1.54, 1.807) is 30.4 Å². The van der Waals surface area contributed by atoms with E-state index in [0.29, 0.717) is 17.8 Å². The minimum atomic E-state index is -0.306. The maximum Gasteiger partial charge on any atom is 0.279 e. The molecule has 3 rings (SSSR count). The molecule has 2 atom stereocenters. The normalized spacial score (nSPS) is 18.2. The van der Waals surface area contributed by atoms with Gasteiger partial charge in [-0.3, -0.25) is 4.79 Å². The summed E-state index contributed by atoms with van der Waals surface area (Å²) in [5.74, 6) is -0.409. The van der Waals surface area contributed by atoms with Gasteiger partial charge in [-0.05, 0) is 48.9 Å². The zero-order valence-electron chi connectivity index (χ0n) is 14.4. The fourth-order valence-electron chi connectivity index (χ4n) is 3.10. The van der Waals surface area contributed by atoms with E-state index in [-0.39, 0.29) is 17.8 Å². The number of aryl methyl sites for hydroxylation is 1. The van der Waals surface area contributed by atoms with Gasteiger partial charge in [0, 0.05) is 12.3 Å². The van der Waals surface area contributed by atoms with E-state index in [2.05, 4.69) is 11.4 Å². The number of benzene rings is 1. The fourth-order valence-corrected chi connectivity index (χ4v) is 3.87. The first-order chi connectivity index (χ1) is 12.1. The molecule has 1 aliphatic rings. The SMILES string of the molecule is Cc1ccc(NC(=O)C[NH+](Cc2cccs2)C[C@@H]2CCCO2)cc1F. The topological polar surface area (TPSA) is 42.8 Å². The van der Waals surface area contributed by atoms with Crippen LogP contribution in [0, 0.1) is 12.7 Å². The number of hydrogen-bond donors (Lipinski definition) is 2. The number of quaternary nitrogens is 1. The highest BCUT2D eigenvalue weighted by Gasteiger charge is 2.24. The zero-order valence-corrected chi connectivity index (χ0v) is 15.2. The highest BCUT2D eigenvalue weighted by Crippen LogP contribution is 2.13. The second-order valence-corrected chi connectivity index (χ2v) is 7.57. The number of rotatable bonds is 7. The van der Waals surface area contributed by atoms with Crippen molar-refractivity contribution in [3.8, 4) is 0 Å². The largest absolute Gasteiger partial charge is 0.372 e. The number of nitrogens with one attached hydrogen (secondary N) is 2.